The Morgan fingerprint density at radius 1 is 1.12 bits per heavy atom. The fraction of sp³-hybridized carbons (Fsp3) is 0.556. The summed E-state index contributed by atoms with van der Waals surface area (Å²) in [5, 5.41) is 4.14. The molecule has 1 saturated carbocycles. The van der Waals surface area contributed by atoms with Gasteiger partial charge in [-0.3, -0.25) is 0 Å². The van der Waals surface area contributed by atoms with Crippen molar-refractivity contribution in [3.05, 3.63) is 18.0 Å². The van der Waals surface area contributed by atoms with E-state index < -0.39 is 0 Å². The number of nitrogens with zero attached hydrogens (tertiary/aromatic N) is 2. The second kappa shape index (κ2) is 6.92. The van der Waals surface area contributed by atoms with E-state index in [2.05, 4.69) is 17.1 Å². The zero-order valence-electron chi connectivity index (χ0n) is 15.2. The van der Waals surface area contributed by atoms with Crippen molar-refractivity contribution in [3.63, 3.8) is 0 Å². The van der Waals surface area contributed by atoms with Gasteiger partial charge in [-0.25, -0.2) is 0 Å². The first-order chi connectivity index (χ1) is 12.0. The fourth-order valence-electron chi connectivity index (χ4n) is 3.47. The topological polar surface area (TPSA) is 92.6 Å². The minimum atomic E-state index is -0.322. The van der Waals surface area contributed by atoms with E-state index in [-0.39, 0.29) is 11.5 Å². The largest absolute Gasteiger partial charge is 0.493 e. The molecule has 1 aromatic carbocycles. The smallest absolute Gasteiger partial charge is 0.231 e. The molecule has 7 nitrogen and oxygen atoms in total. The van der Waals surface area contributed by atoms with E-state index in [0.717, 1.165) is 31.2 Å². The molecular formula is C18H25N3O4. The minimum absolute atomic E-state index is 0.0736. The van der Waals surface area contributed by atoms with Crippen LogP contribution in [0.1, 0.15) is 44.4 Å². The van der Waals surface area contributed by atoms with Crippen LogP contribution >= 0.6 is 0 Å². The van der Waals surface area contributed by atoms with Crippen LogP contribution in [0.4, 0.5) is 0 Å². The Balaban J connectivity index is 1.97. The number of rotatable bonds is 5. The molecule has 0 aliphatic heterocycles. The third-order valence-electron chi connectivity index (χ3n) is 4.92. The maximum atomic E-state index is 6.45. The Kier molecular flexibility index (Phi) is 4.85. The summed E-state index contributed by atoms with van der Waals surface area (Å²) in [6.07, 6.45) is 4.18. The number of aromatic nitrogens is 2. The molecule has 25 heavy (non-hydrogen) atoms. The number of benzene rings is 1. The van der Waals surface area contributed by atoms with Crippen LogP contribution < -0.4 is 19.9 Å². The maximum Gasteiger partial charge on any atom is 0.231 e. The van der Waals surface area contributed by atoms with E-state index in [1.807, 2.05) is 0 Å². The summed E-state index contributed by atoms with van der Waals surface area (Å²) < 4.78 is 21.7. The highest BCUT2D eigenvalue weighted by Crippen LogP contribution is 2.42. The van der Waals surface area contributed by atoms with Crippen molar-refractivity contribution in [1.82, 2.24) is 10.1 Å². The second-order valence-corrected chi connectivity index (χ2v) is 6.67. The van der Waals surface area contributed by atoms with Gasteiger partial charge in [-0.1, -0.05) is 18.0 Å². The van der Waals surface area contributed by atoms with Gasteiger partial charge in [0.25, 0.3) is 0 Å². The van der Waals surface area contributed by atoms with Crippen LogP contribution in [0.15, 0.2) is 16.7 Å². The highest BCUT2D eigenvalue weighted by Gasteiger charge is 2.37. The summed E-state index contributed by atoms with van der Waals surface area (Å²) >= 11 is 0. The van der Waals surface area contributed by atoms with Gasteiger partial charge in [0.15, 0.2) is 11.5 Å². The van der Waals surface area contributed by atoms with Crippen molar-refractivity contribution in [2.24, 2.45) is 5.73 Å². The molecule has 1 aromatic heterocycles. The highest BCUT2D eigenvalue weighted by atomic mass is 16.5. The molecule has 0 saturated heterocycles. The number of ether oxygens (including phenoxy) is 3. The molecule has 0 spiro atoms. The molecule has 1 heterocycles. The van der Waals surface area contributed by atoms with Gasteiger partial charge in [0.2, 0.25) is 17.5 Å². The predicted octanol–water partition coefficient (Wildman–Crippen LogP) is 3.14. The standard InChI is InChI=1S/C18H25N3O4/c1-18(19)8-6-5-7-12(18)17-20-16(21-25-17)11-9-13(22-2)15(24-4)14(10-11)23-3/h9-10,12H,5-8,19H2,1-4H3. The Morgan fingerprint density at radius 2 is 1.80 bits per heavy atom. The molecule has 2 unspecified atom stereocenters. The summed E-state index contributed by atoms with van der Waals surface area (Å²) in [5.74, 6) is 2.77. The van der Waals surface area contributed by atoms with Gasteiger partial charge < -0.3 is 24.5 Å². The quantitative estimate of drug-likeness (QED) is 0.888. The summed E-state index contributed by atoms with van der Waals surface area (Å²) in [7, 11) is 4.72. The SMILES string of the molecule is COc1cc(-c2noc(C3CCCCC3(C)N)n2)cc(OC)c1OC. The molecule has 1 aliphatic carbocycles. The van der Waals surface area contributed by atoms with Gasteiger partial charge in [-0.05, 0) is 31.9 Å². The van der Waals surface area contributed by atoms with Crippen molar-refractivity contribution in [2.75, 3.05) is 21.3 Å². The molecule has 0 amide bonds. The van der Waals surface area contributed by atoms with Crippen LogP contribution in [-0.4, -0.2) is 37.0 Å². The molecule has 3 rings (SSSR count). The van der Waals surface area contributed by atoms with Gasteiger partial charge in [0, 0.05) is 11.1 Å². The molecule has 0 bridgehead atoms. The van der Waals surface area contributed by atoms with Crippen LogP contribution in [-0.2, 0) is 0 Å². The number of hydrogen-bond acceptors (Lipinski definition) is 7. The minimum Gasteiger partial charge on any atom is -0.493 e. The van der Waals surface area contributed by atoms with Crippen molar-refractivity contribution in [2.45, 2.75) is 44.1 Å². The van der Waals surface area contributed by atoms with E-state index in [4.69, 9.17) is 24.5 Å². The number of methoxy groups -OCH3 is 3. The van der Waals surface area contributed by atoms with E-state index >= 15 is 0 Å². The maximum absolute atomic E-state index is 6.45. The molecule has 1 aliphatic rings. The van der Waals surface area contributed by atoms with Gasteiger partial charge in [-0.15, -0.1) is 0 Å². The Hall–Kier alpha value is -2.28. The zero-order valence-corrected chi connectivity index (χ0v) is 15.2. The monoisotopic (exact) mass is 347 g/mol. The number of hydrogen-bond donors (Lipinski definition) is 1. The van der Waals surface area contributed by atoms with Crippen molar-refractivity contribution in [1.29, 1.82) is 0 Å². The summed E-state index contributed by atoms with van der Waals surface area (Å²) in [5.41, 5.74) is 6.86. The Bertz CT molecular complexity index is 717. The lowest BCUT2D eigenvalue weighted by Gasteiger charge is -2.35. The van der Waals surface area contributed by atoms with Gasteiger partial charge in [-0.2, -0.15) is 4.98 Å². The molecule has 136 valence electrons. The zero-order chi connectivity index (χ0) is 18.0. The molecule has 2 aromatic rings. The summed E-state index contributed by atoms with van der Waals surface area (Å²) in [6.45, 7) is 2.06. The van der Waals surface area contributed by atoms with Gasteiger partial charge >= 0.3 is 0 Å². The lowest BCUT2D eigenvalue weighted by atomic mass is 9.74. The molecule has 1 fully saturated rings. The van der Waals surface area contributed by atoms with Gasteiger partial charge in [0.05, 0.1) is 27.2 Å². The second-order valence-electron chi connectivity index (χ2n) is 6.67. The average Bonchev–Trinajstić information content (AvgIpc) is 3.09. The van der Waals surface area contributed by atoms with E-state index in [9.17, 15) is 0 Å². The van der Waals surface area contributed by atoms with Crippen LogP contribution in [0, 0.1) is 0 Å². The van der Waals surface area contributed by atoms with E-state index in [1.54, 1.807) is 33.5 Å². The predicted molar refractivity (Wildman–Crippen MR) is 93.2 cm³/mol. The summed E-state index contributed by atoms with van der Waals surface area (Å²) in [4.78, 5) is 4.60. The van der Waals surface area contributed by atoms with Crippen LogP contribution in [0.25, 0.3) is 11.4 Å². The first-order valence-electron chi connectivity index (χ1n) is 8.43. The molecule has 7 heteroatoms. The van der Waals surface area contributed by atoms with Crippen molar-refractivity contribution < 1.29 is 18.7 Å². The molecular weight excluding hydrogens is 322 g/mol. The van der Waals surface area contributed by atoms with Crippen LogP contribution in [0.3, 0.4) is 0 Å². The molecule has 0 radical (unpaired) electrons. The highest BCUT2D eigenvalue weighted by molar-refractivity contribution is 5.66. The van der Waals surface area contributed by atoms with Crippen molar-refractivity contribution >= 4 is 0 Å². The lowest BCUT2D eigenvalue weighted by Crippen LogP contribution is -2.44. The third kappa shape index (κ3) is 3.28. The van der Waals surface area contributed by atoms with Crippen LogP contribution in [0.2, 0.25) is 0 Å². The average molecular weight is 347 g/mol. The van der Waals surface area contributed by atoms with Crippen molar-refractivity contribution in [3.8, 4) is 28.6 Å². The lowest BCUT2D eigenvalue weighted by molar-refractivity contribution is 0.223. The third-order valence-corrected chi connectivity index (χ3v) is 4.92. The first-order valence-corrected chi connectivity index (χ1v) is 8.43. The first kappa shape index (κ1) is 17.5. The Morgan fingerprint density at radius 3 is 2.36 bits per heavy atom. The van der Waals surface area contributed by atoms with E-state index in [0.29, 0.717) is 29.0 Å². The Labute approximate surface area is 147 Å². The fourth-order valence-corrected chi connectivity index (χ4v) is 3.47. The van der Waals surface area contributed by atoms with E-state index in [1.165, 1.54) is 0 Å². The normalized spacial score (nSPS) is 23.3. The van der Waals surface area contributed by atoms with Crippen LogP contribution in [0.5, 0.6) is 17.2 Å². The number of nitrogens with two attached hydrogens (primary N) is 1. The van der Waals surface area contributed by atoms with Gasteiger partial charge in [0.1, 0.15) is 0 Å². The molecule has 2 atom stereocenters. The molecule has 2 N–H and O–H groups in total. The summed E-state index contributed by atoms with van der Waals surface area (Å²) in [6, 6.07) is 3.61.